The molecule has 0 fully saturated rings. The van der Waals surface area contributed by atoms with E-state index in [-0.39, 0.29) is 12.2 Å². The summed E-state index contributed by atoms with van der Waals surface area (Å²) in [5.74, 6) is 1.35. The highest BCUT2D eigenvalue weighted by molar-refractivity contribution is 9.10. The van der Waals surface area contributed by atoms with Crippen molar-refractivity contribution < 1.29 is 14.3 Å². The largest absolute Gasteiger partial charge is 0.486 e. The highest BCUT2D eigenvalue weighted by Crippen LogP contribution is 2.31. The first-order valence-corrected chi connectivity index (χ1v) is 7.46. The molecule has 2 heterocycles. The van der Waals surface area contributed by atoms with Gasteiger partial charge in [0.2, 0.25) is 0 Å². The maximum Gasteiger partial charge on any atom is 0.168 e. The number of halogens is 1. The van der Waals surface area contributed by atoms with Crippen molar-refractivity contribution in [3.8, 4) is 11.5 Å². The Morgan fingerprint density at radius 2 is 2.05 bits per heavy atom. The molecule has 1 aromatic carbocycles. The third kappa shape index (κ3) is 2.68. The number of hydrogen-bond donors (Lipinski definition) is 0. The lowest BCUT2D eigenvalue weighted by Crippen LogP contribution is -2.16. The molecule has 0 N–H and O–H groups in total. The van der Waals surface area contributed by atoms with E-state index in [1.54, 1.807) is 22.9 Å². The number of ketones is 1. The maximum atomic E-state index is 12.5. The van der Waals surface area contributed by atoms with E-state index in [0.29, 0.717) is 30.3 Å². The summed E-state index contributed by atoms with van der Waals surface area (Å²) in [5.41, 5.74) is 2.36. The van der Waals surface area contributed by atoms with Crippen molar-refractivity contribution in [2.24, 2.45) is 7.05 Å². The molecule has 6 heteroatoms. The van der Waals surface area contributed by atoms with Crippen LogP contribution >= 0.6 is 15.9 Å². The number of carbonyl (C=O) groups excluding carboxylic acids is 1. The van der Waals surface area contributed by atoms with Gasteiger partial charge in [0.1, 0.15) is 13.2 Å². The maximum absolute atomic E-state index is 12.5. The van der Waals surface area contributed by atoms with E-state index in [1.807, 2.05) is 14.0 Å². The predicted octanol–water partition coefficient (Wildman–Crippen LogP) is 2.69. The molecule has 1 aliphatic heterocycles. The minimum absolute atomic E-state index is 0.0238. The normalized spacial score (nSPS) is 13.3. The summed E-state index contributed by atoms with van der Waals surface area (Å²) in [6, 6.07) is 5.30. The van der Waals surface area contributed by atoms with Crippen LogP contribution in [0.25, 0.3) is 0 Å². The Balaban J connectivity index is 1.85. The summed E-state index contributed by atoms with van der Waals surface area (Å²) in [7, 11) is 1.84. The molecule has 0 saturated heterocycles. The Kier molecular flexibility index (Phi) is 3.71. The lowest BCUT2D eigenvalue weighted by molar-refractivity contribution is 0.0989. The van der Waals surface area contributed by atoms with Crippen LogP contribution in [0.3, 0.4) is 0 Å². The van der Waals surface area contributed by atoms with Gasteiger partial charge in [-0.15, -0.1) is 0 Å². The molecular weight excluding hydrogens is 336 g/mol. The van der Waals surface area contributed by atoms with Crippen LogP contribution < -0.4 is 9.47 Å². The molecule has 1 aliphatic rings. The molecule has 0 bridgehead atoms. The van der Waals surface area contributed by atoms with Gasteiger partial charge in [-0.2, -0.15) is 5.10 Å². The minimum atomic E-state index is 0.0238. The predicted molar refractivity (Wildman–Crippen MR) is 81.1 cm³/mol. The second-order valence-electron chi connectivity index (χ2n) is 4.93. The van der Waals surface area contributed by atoms with Crippen LogP contribution in [0.4, 0.5) is 0 Å². The number of aromatic nitrogens is 2. The van der Waals surface area contributed by atoms with E-state index >= 15 is 0 Å². The Labute approximate surface area is 131 Å². The van der Waals surface area contributed by atoms with Gasteiger partial charge in [-0.05, 0) is 41.1 Å². The number of fused-ring (bicyclic) bond motifs is 1. The van der Waals surface area contributed by atoms with Crippen molar-refractivity contribution in [1.29, 1.82) is 0 Å². The number of benzene rings is 1. The molecule has 0 unspecified atom stereocenters. The Bertz CT molecular complexity index is 709. The number of carbonyl (C=O) groups is 1. The number of rotatable bonds is 3. The fourth-order valence-corrected chi connectivity index (χ4v) is 2.82. The number of ether oxygens (including phenoxy) is 2. The van der Waals surface area contributed by atoms with Gasteiger partial charge in [0.25, 0.3) is 0 Å². The summed E-state index contributed by atoms with van der Waals surface area (Å²) in [6.45, 7) is 2.96. The fraction of sp³-hybridized carbons (Fsp3) is 0.333. The lowest BCUT2D eigenvalue weighted by atomic mass is 10.1. The SMILES string of the molecule is Cc1nn(C)c(CC(=O)c2ccc3c(c2)OCCO3)c1Br. The molecule has 110 valence electrons. The fourth-order valence-electron chi connectivity index (χ4n) is 2.34. The van der Waals surface area contributed by atoms with Gasteiger partial charge >= 0.3 is 0 Å². The van der Waals surface area contributed by atoms with Crippen LogP contribution in [0.1, 0.15) is 21.7 Å². The van der Waals surface area contributed by atoms with Crippen LogP contribution in [0.15, 0.2) is 22.7 Å². The molecule has 5 nitrogen and oxygen atoms in total. The zero-order chi connectivity index (χ0) is 15.0. The first-order valence-electron chi connectivity index (χ1n) is 6.67. The van der Waals surface area contributed by atoms with Crippen molar-refractivity contribution in [2.45, 2.75) is 13.3 Å². The number of aryl methyl sites for hydroxylation is 2. The summed E-state index contributed by atoms with van der Waals surface area (Å²) in [4.78, 5) is 12.5. The molecule has 3 rings (SSSR count). The first-order chi connectivity index (χ1) is 10.1. The van der Waals surface area contributed by atoms with Gasteiger partial charge in [0, 0.05) is 12.6 Å². The standard InChI is InChI=1S/C15H15BrN2O3/c1-9-15(16)11(18(2)17-9)8-12(19)10-3-4-13-14(7-10)21-6-5-20-13/h3-4,7H,5-6,8H2,1-2H3. The monoisotopic (exact) mass is 350 g/mol. The highest BCUT2D eigenvalue weighted by Gasteiger charge is 2.18. The van der Waals surface area contributed by atoms with Crippen LogP contribution in [-0.2, 0) is 13.5 Å². The third-order valence-electron chi connectivity index (χ3n) is 3.45. The van der Waals surface area contributed by atoms with Gasteiger partial charge < -0.3 is 9.47 Å². The number of Topliss-reactive ketones (excluding diaryl/α,β-unsaturated/α-hetero) is 1. The molecule has 0 aliphatic carbocycles. The molecule has 0 saturated carbocycles. The van der Waals surface area contributed by atoms with Gasteiger partial charge in [0.15, 0.2) is 17.3 Å². The summed E-state index contributed by atoms with van der Waals surface area (Å²) in [6.07, 6.45) is 0.289. The van der Waals surface area contributed by atoms with Gasteiger partial charge in [-0.1, -0.05) is 0 Å². The van der Waals surface area contributed by atoms with Gasteiger partial charge in [-0.25, -0.2) is 0 Å². The molecule has 21 heavy (non-hydrogen) atoms. The van der Waals surface area contributed by atoms with Gasteiger partial charge in [-0.3, -0.25) is 9.48 Å². The smallest absolute Gasteiger partial charge is 0.168 e. The zero-order valence-electron chi connectivity index (χ0n) is 11.9. The van der Waals surface area contributed by atoms with Crippen LogP contribution in [0.2, 0.25) is 0 Å². The highest BCUT2D eigenvalue weighted by atomic mass is 79.9. The van der Waals surface area contributed by atoms with E-state index in [0.717, 1.165) is 15.9 Å². The van der Waals surface area contributed by atoms with E-state index in [2.05, 4.69) is 21.0 Å². The van der Waals surface area contributed by atoms with Crippen molar-refractivity contribution in [3.05, 3.63) is 39.6 Å². The topological polar surface area (TPSA) is 53.4 Å². The lowest BCUT2D eigenvalue weighted by Gasteiger charge is -2.18. The van der Waals surface area contributed by atoms with Crippen LogP contribution in [-0.4, -0.2) is 28.8 Å². The van der Waals surface area contributed by atoms with Crippen molar-refractivity contribution >= 4 is 21.7 Å². The quantitative estimate of drug-likeness (QED) is 0.798. The second kappa shape index (κ2) is 5.52. The average molecular weight is 351 g/mol. The van der Waals surface area contributed by atoms with Gasteiger partial charge in [0.05, 0.1) is 22.3 Å². The first kappa shape index (κ1) is 14.1. The average Bonchev–Trinajstić information content (AvgIpc) is 2.73. The van der Waals surface area contributed by atoms with Crippen molar-refractivity contribution in [2.75, 3.05) is 13.2 Å². The van der Waals surface area contributed by atoms with E-state index in [4.69, 9.17) is 9.47 Å². The minimum Gasteiger partial charge on any atom is -0.486 e. The summed E-state index contributed by atoms with van der Waals surface area (Å²) >= 11 is 3.48. The van der Waals surface area contributed by atoms with Crippen LogP contribution in [0, 0.1) is 6.92 Å². The van der Waals surface area contributed by atoms with Crippen molar-refractivity contribution in [3.63, 3.8) is 0 Å². The molecule has 0 amide bonds. The summed E-state index contributed by atoms with van der Waals surface area (Å²) < 4.78 is 13.6. The Morgan fingerprint density at radius 1 is 1.33 bits per heavy atom. The Hall–Kier alpha value is -1.82. The van der Waals surface area contributed by atoms with E-state index in [1.165, 1.54) is 0 Å². The van der Waals surface area contributed by atoms with E-state index < -0.39 is 0 Å². The molecule has 0 atom stereocenters. The van der Waals surface area contributed by atoms with Crippen LogP contribution in [0.5, 0.6) is 11.5 Å². The molecular formula is C15H15BrN2O3. The summed E-state index contributed by atoms with van der Waals surface area (Å²) in [5, 5.41) is 4.30. The molecule has 0 spiro atoms. The molecule has 1 aromatic heterocycles. The Morgan fingerprint density at radius 3 is 2.71 bits per heavy atom. The second-order valence-corrected chi connectivity index (χ2v) is 5.72. The number of nitrogens with zero attached hydrogens (tertiary/aromatic N) is 2. The zero-order valence-corrected chi connectivity index (χ0v) is 13.4. The molecule has 0 radical (unpaired) electrons. The molecule has 2 aromatic rings. The van der Waals surface area contributed by atoms with E-state index in [9.17, 15) is 4.79 Å². The van der Waals surface area contributed by atoms with Crippen molar-refractivity contribution in [1.82, 2.24) is 9.78 Å². The third-order valence-corrected chi connectivity index (χ3v) is 4.49. The number of hydrogen-bond acceptors (Lipinski definition) is 4.